The topological polar surface area (TPSA) is 43.4 Å². The zero-order valence-corrected chi connectivity index (χ0v) is 7.85. The number of ether oxygens (including phenoxy) is 1. The van der Waals surface area contributed by atoms with Crippen LogP contribution in [0.15, 0.2) is 11.1 Å². The quantitative estimate of drug-likeness (QED) is 0.420. The van der Waals surface area contributed by atoms with Crippen LogP contribution in [0.1, 0.15) is 33.1 Å². The van der Waals surface area contributed by atoms with E-state index in [-0.39, 0.29) is 5.41 Å². The van der Waals surface area contributed by atoms with Crippen LogP contribution in [0.4, 0.5) is 0 Å². The molecule has 2 rings (SSSR count). The fourth-order valence-corrected chi connectivity index (χ4v) is 1.92. The Kier molecular flexibility index (Phi) is 1.59. The molecule has 13 heavy (non-hydrogen) atoms. The van der Waals surface area contributed by atoms with Gasteiger partial charge in [0.05, 0.1) is 0 Å². The highest BCUT2D eigenvalue weighted by molar-refractivity contribution is 6.12. The first-order valence-corrected chi connectivity index (χ1v) is 4.48. The smallest absolute Gasteiger partial charge is 0.342 e. The van der Waals surface area contributed by atoms with Crippen LogP contribution in [0.2, 0.25) is 0 Å². The number of esters is 2. The average molecular weight is 180 g/mol. The molecule has 0 N–H and O–H groups in total. The van der Waals surface area contributed by atoms with Crippen molar-refractivity contribution in [1.82, 2.24) is 0 Å². The molecular formula is C10H12O3. The maximum Gasteiger partial charge on any atom is 0.342 e. The van der Waals surface area contributed by atoms with Crippen LogP contribution in [0.5, 0.6) is 0 Å². The fourth-order valence-electron chi connectivity index (χ4n) is 1.92. The molecule has 1 heterocycles. The maximum atomic E-state index is 11.2. The van der Waals surface area contributed by atoms with Crippen LogP contribution in [0.25, 0.3) is 0 Å². The molecule has 0 saturated carbocycles. The third-order valence-electron chi connectivity index (χ3n) is 2.75. The second-order valence-corrected chi connectivity index (χ2v) is 4.48. The summed E-state index contributed by atoms with van der Waals surface area (Å²) < 4.78 is 4.55. The molecule has 1 aliphatic carbocycles. The van der Waals surface area contributed by atoms with Crippen LogP contribution >= 0.6 is 0 Å². The van der Waals surface area contributed by atoms with Crippen molar-refractivity contribution in [3.63, 3.8) is 0 Å². The largest absolute Gasteiger partial charge is 0.386 e. The minimum Gasteiger partial charge on any atom is -0.386 e. The lowest BCUT2D eigenvalue weighted by Gasteiger charge is -2.28. The zero-order valence-electron chi connectivity index (χ0n) is 7.85. The van der Waals surface area contributed by atoms with Gasteiger partial charge in [-0.1, -0.05) is 13.8 Å². The number of hydrogen-bond donors (Lipinski definition) is 0. The van der Waals surface area contributed by atoms with Gasteiger partial charge in [-0.05, 0) is 24.7 Å². The molecule has 0 radical (unpaired) electrons. The lowest BCUT2D eigenvalue weighted by molar-refractivity contribution is -0.151. The molecule has 0 atom stereocenters. The number of rotatable bonds is 0. The van der Waals surface area contributed by atoms with Crippen molar-refractivity contribution >= 4 is 11.9 Å². The van der Waals surface area contributed by atoms with Gasteiger partial charge in [-0.15, -0.1) is 0 Å². The Morgan fingerprint density at radius 2 is 1.77 bits per heavy atom. The van der Waals surface area contributed by atoms with Crippen LogP contribution in [0.3, 0.4) is 0 Å². The van der Waals surface area contributed by atoms with Gasteiger partial charge in [0.25, 0.3) is 0 Å². The average Bonchev–Trinajstić information content (AvgIpc) is 2.26. The van der Waals surface area contributed by atoms with E-state index in [1.165, 1.54) is 0 Å². The number of carbonyl (C=O) groups excluding carboxylic acids is 2. The van der Waals surface area contributed by atoms with Crippen molar-refractivity contribution in [3.05, 3.63) is 11.1 Å². The Morgan fingerprint density at radius 3 is 2.46 bits per heavy atom. The molecule has 0 spiro atoms. The standard InChI is InChI=1S/C10H12O3/c1-10(2)4-3-6-7(5-10)9(12)13-8(6)11/h3-5H2,1-2H3. The highest BCUT2D eigenvalue weighted by Crippen LogP contribution is 2.41. The van der Waals surface area contributed by atoms with Gasteiger partial charge >= 0.3 is 11.9 Å². The van der Waals surface area contributed by atoms with Crippen molar-refractivity contribution in [3.8, 4) is 0 Å². The van der Waals surface area contributed by atoms with Crippen molar-refractivity contribution in [2.45, 2.75) is 33.1 Å². The predicted octanol–water partition coefficient (Wildman–Crippen LogP) is 1.58. The summed E-state index contributed by atoms with van der Waals surface area (Å²) in [5.41, 5.74) is 1.35. The molecule has 0 amide bonds. The Balaban J connectivity index is 2.36. The van der Waals surface area contributed by atoms with E-state index < -0.39 is 11.9 Å². The molecule has 70 valence electrons. The second kappa shape index (κ2) is 2.44. The van der Waals surface area contributed by atoms with Crippen molar-refractivity contribution in [2.24, 2.45) is 5.41 Å². The van der Waals surface area contributed by atoms with Crippen LogP contribution < -0.4 is 0 Å². The van der Waals surface area contributed by atoms with E-state index in [1.807, 2.05) is 0 Å². The summed E-state index contributed by atoms with van der Waals surface area (Å²) in [5, 5.41) is 0. The van der Waals surface area contributed by atoms with Crippen LogP contribution in [-0.2, 0) is 14.3 Å². The number of hydrogen-bond acceptors (Lipinski definition) is 3. The van der Waals surface area contributed by atoms with Crippen molar-refractivity contribution in [2.75, 3.05) is 0 Å². The predicted molar refractivity (Wildman–Crippen MR) is 45.8 cm³/mol. The van der Waals surface area contributed by atoms with E-state index in [4.69, 9.17) is 0 Å². The second-order valence-electron chi connectivity index (χ2n) is 4.48. The van der Waals surface area contributed by atoms with E-state index in [0.29, 0.717) is 24.0 Å². The molecule has 0 saturated heterocycles. The highest BCUT2D eigenvalue weighted by Gasteiger charge is 2.39. The molecule has 0 aromatic rings. The summed E-state index contributed by atoms with van der Waals surface area (Å²) in [6, 6.07) is 0. The van der Waals surface area contributed by atoms with E-state index in [9.17, 15) is 9.59 Å². The van der Waals surface area contributed by atoms with E-state index in [2.05, 4.69) is 18.6 Å². The van der Waals surface area contributed by atoms with E-state index in [1.54, 1.807) is 0 Å². The molecule has 0 bridgehead atoms. The molecule has 3 heteroatoms. The molecule has 0 unspecified atom stereocenters. The third kappa shape index (κ3) is 1.28. The lowest BCUT2D eigenvalue weighted by atomic mass is 9.75. The molecule has 1 aliphatic heterocycles. The molecule has 0 aromatic heterocycles. The Bertz CT molecular complexity index is 323. The van der Waals surface area contributed by atoms with Gasteiger partial charge in [-0.3, -0.25) is 0 Å². The monoisotopic (exact) mass is 180 g/mol. The minimum atomic E-state index is -0.423. The summed E-state index contributed by atoms with van der Waals surface area (Å²) in [6.07, 6.45) is 2.31. The first kappa shape index (κ1) is 8.48. The summed E-state index contributed by atoms with van der Waals surface area (Å²) in [5.74, 6) is -0.844. The molecule has 0 aromatic carbocycles. The normalized spacial score (nSPS) is 26.0. The maximum absolute atomic E-state index is 11.2. The van der Waals surface area contributed by atoms with Gasteiger partial charge in [0, 0.05) is 11.1 Å². The van der Waals surface area contributed by atoms with Gasteiger partial charge in [0.1, 0.15) is 0 Å². The molecule has 3 nitrogen and oxygen atoms in total. The third-order valence-corrected chi connectivity index (χ3v) is 2.75. The Morgan fingerprint density at radius 1 is 1.15 bits per heavy atom. The summed E-state index contributed by atoms with van der Waals surface area (Å²) in [6.45, 7) is 4.21. The van der Waals surface area contributed by atoms with Gasteiger partial charge < -0.3 is 4.74 Å². The Labute approximate surface area is 76.8 Å². The van der Waals surface area contributed by atoms with Gasteiger partial charge in [0.2, 0.25) is 0 Å². The van der Waals surface area contributed by atoms with Crippen LogP contribution in [0, 0.1) is 5.41 Å². The molecule has 0 fully saturated rings. The first-order chi connectivity index (χ1) is 5.99. The number of carbonyl (C=O) groups is 2. The minimum absolute atomic E-state index is 0.127. The zero-order chi connectivity index (χ0) is 9.64. The fraction of sp³-hybridized carbons (Fsp3) is 0.600. The first-order valence-electron chi connectivity index (χ1n) is 4.48. The summed E-state index contributed by atoms with van der Waals surface area (Å²) >= 11 is 0. The summed E-state index contributed by atoms with van der Waals surface area (Å²) in [4.78, 5) is 22.3. The highest BCUT2D eigenvalue weighted by atomic mass is 16.6. The number of cyclic esters (lactones) is 2. The molecule has 2 aliphatic rings. The summed E-state index contributed by atoms with van der Waals surface area (Å²) in [7, 11) is 0. The van der Waals surface area contributed by atoms with Gasteiger partial charge in [0.15, 0.2) is 0 Å². The lowest BCUT2D eigenvalue weighted by Crippen LogP contribution is -2.19. The van der Waals surface area contributed by atoms with Gasteiger partial charge in [-0.2, -0.15) is 0 Å². The van der Waals surface area contributed by atoms with Crippen molar-refractivity contribution < 1.29 is 14.3 Å². The molecular weight excluding hydrogens is 168 g/mol. The Hall–Kier alpha value is -1.12. The van der Waals surface area contributed by atoms with Crippen molar-refractivity contribution in [1.29, 1.82) is 0 Å². The van der Waals surface area contributed by atoms with Gasteiger partial charge in [-0.25, -0.2) is 9.59 Å². The van der Waals surface area contributed by atoms with Crippen LogP contribution in [-0.4, -0.2) is 11.9 Å². The van der Waals surface area contributed by atoms with E-state index >= 15 is 0 Å². The van der Waals surface area contributed by atoms with E-state index in [0.717, 1.165) is 6.42 Å². The SMILES string of the molecule is CC1(C)CCC2=C(C1)C(=O)OC2=O.